The molecule has 2 aromatic heterocycles. The van der Waals surface area contributed by atoms with Crippen LogP contribution in [-0.2, 0) is 23.8 Å². The second-order valence-electron chi connectivity index (χ2n) is 9.50. The second-order valence-corrected chi connectivity index (χ2v) is 9.83. The number of fused-ring (bicyclic) bond motifs is 2. The Morgan fingerprint density at radius 1 is 1.23 bits per heavy atom. The fourth-order valence-corrected chi connectivity index (χ4v) is 5.76. The van der Waals surface area contributed by atoms with Gasteiger partial charge in [-0.1, -0.05) is 6.42 Å². The normalized spacial score (nSPS) is 32.3. The Hall–Kier alpha value is -2.54. The molecule has 2 aromatic rings. The van der Waals surface area contributed by atoms with Gasteiger partial charge in [0.2, 0.25) is 5.28 Å². The number of anilines is 1. The Bertz CT molecular complexity index is 1130. The fraction of sp³-hybridized carbons (Fsp3) is 0.682. The average Bonchev–Trinajstić information content (AvgIpc) is 3.55. The monoisotopic (exact) mass is 509 g/mol. The first-order valence-electron chi connectivity index (χ1n) is 11.7. The third-order valence-electron chi connectivity index (χ3n) is 7.27. The van der Waals surface area contributed by atoms with Crippen LogP contribution in [0.4, 0.5) is 5.82 Å². The molecule has 13 heteroatoms. The summed E-state index contributed by atoms with van der Waals surface area (Å²) in [5, 5.41) is 26.4. The van der Waals surface area contributed by atoms with Crippen molar-refractivity contribution < 1.29 is 34.0 Å². The van der Waals surface area contributed by atoms with E-state index in [0.29, 0.717) is 28.7 Å². The van der Waals surface area contributed by atoms with Gasteiger partial charge in [-0.25, -0.2) is 4.68 Å². The van der Waals surface area contributed by atoms with Crippen molar-refractivity contribution in [3.8, 4) is 0 Å². The number of nitrogens with zero attached hydrogens (tertiary/aromatic N) is 5. The number of carbonyl (C=O) groups excluding carboxylic acids is 2. The lowest BCUT2D eigenvalue weighted by molar-refractivity contribution is -0.171. The van der Waals surface area contributed by atoms with Gasteiger partial charge in [0.15, 0.2) is 23.6 Å². The van der Waals surface area contributed by atoms with E-state index in [-0.39, 0.29) is 11.9 Å². The van der Waals surface area contributed by atoms with Crippen LogP contribution in [0.25, 0.3) is 11.0 Å². The Labute approximate surface area is 206 Å². The van der Waals surface area contributed by atoms with E-state index in [0.717, 1.165) is 13.1 Å². The second kappa shape index (κ2) is 9.16. The molecular formula is C22H28ClN5O7. The molecule has 1 aliphatic carbocycles. The van der Waals surface area contributed by atoms with Crippen LogP contribution >= 0.6 is 11.6 Å². The molecule has 2 saturated heterocycles. The van der Waals surface area contributed by atoms with Crippen LogP contribution in [0.1, 0.15) is 39.3 Å². The van der Waals surface area contributed by atoms with Gasteiger partial charge in [0.25, 0.3) is 0 Å². The number of hydrogen-bond donors (Lipinski definition) is 2. The molecule has 0 amide bonds. The minimum absolute atomic E-state index is 0.0159. The Balaban J connectivity index is 1.53. The molecule has 4 heterocycles. The first-order chi connectivity index (χ1) is 16.7. The molecule has 2 aliphatic heterocycles. The molecule has 0 unspecified atom stereocenters. The van der Waals surface area contributed by atoms with Gasteiger partial charge in [-0.3, -0.25) is 9.59 Å². The number of halogens is 1. The summed E-state index contributed by atoms with van der Waals surface area (Å²) in [7, 11) is 0. The Kier molecular flexibility index (Phi) is 6.32. The highest BCUT2D eigenvalue weighted by Gasteiger charge is 2.59. The molecule has 0 spiro atoms. The zero-order valence-electron chi connectivity index (χ0n) is 19.5. The summed E-state index contributed by atoms with van der Waals surface area (Å²) in [6.45, 7) is 2.96. The lowest BCUT2D eigenvalue weighted by Gasteiger charge is -2.30. The lowest BCUT2D eigenvalue weighted by Crippen LogP contribution is -2.54. The van der Waals surface area contributed by atoms with Crippen LogP contribution in [0.3, 0.4) is 0 Å². The fourth-order valence-electron chi connectivity index (χ4n) is 5.60. The van der Waals surface area contributed by atoms with Crippen LogP contribution in [0.5, 0.6) is 0 Å². The third-order valence-corrected chi connectivity index (χ3v) is 7.44. The first kappa shape index (κ1) is 24.2. The molecule has 1 saturated carbocycles. The van der Waals surface area contributed by atoms with E-state index in [9.17, 15) is 19.8 Å². The number of esters is 2. The van der Waals surface area contributed by atoms with Crippen molar-refractivity contribution in [3.63, 3.8) is 0 Å². The largest absolute Gasteiger partial charge is 0.463 e. The minimum Gasteiger partial charge on any atom is -0.463 e. The summed E-state index contributed by atoms with van der Waals surface area (Å²) < 4.78 is 17.7. The zero-order valence-corrected chi connectivity index (χ0v) is 20.2. The topological polar surface area (TPSA) is 149 Å². The maximum Gasteiger partial charge on any atom is 0.303 e. The van der Waals surface area contributed by atoms with Gasteiger partial charge in [-0.15, -0.1) is 0 Å². The van der Waals surface area contributed by atoms with E-state index in [2.05, 4.69) is 20.0 Å². The van der Waals surface area contributed by atoms with Crippen molar-refractivity contribution in [2.24, 2.45) is 11.8 Å². The first-order valence-corrected chi connectivity index (χ1v) is 12.0. The smallest absolute Gasteiger partial charge is 0.303 e. The Morgan fingerprint density at radius 3 is 2.57 bits per heavy atom. The quantitative estimate of drug-likeness (QED) is 0.421. The van der Waals surface area contributed by atoms with Gasteiger partial charge in [-0.2, -0.15) is 15.1 Å². The summed E-state index contributed by atoms with van der Waals surface area (Å²) in [6, 6.07) is 0. The van der Waals surface area contributed by atoms with Crippen molar-refractivity contribution in [3.05, 3.63) is 11.5 Å². The van der Waals surface area contributed by atoms with Crippen LogP contribution in [0, 0.1) is 11.8 Å². The minimum atomic E-state index is -2.06. The number of carbonyl (C=O) groups is 2. The number of aromatic nitrogens is 4. The van der Waals surface area contributed by atoms with Crippen molar-refractivity contribution in [1.29, 1.82) is 0 Å². The molecule has 12 nitrogen and oxygen atoms in total. The molecule has 0 aromatic carbocycles. The predicted molar refractivity (Wildman–Crippen MR) is 122 cm³/mol. The number of ether oxygens (including phenoxy) is 3. The van der Waals surface area contributed by atoms with Crippen molar-refractivity contribution in [2.75, 3.05) is 31.2 Å². The van der Waals surface area contributed by atoms with Gasteiger partial charge in [0.05, 0.1) is 18.2 Å². The SMILES string of the molecule is CC(=O)OC[C@H]1O[C@@H](n2ncc3c(N4C[C@H]5CCC[C@H]5C4)nc(Cl)nc32)[C@H](OC(C)=O)[C@@]1(O)CO. The number of hydrogen-bond acceptors (Lipinski definition) is 11. The molecule has 3 aliphatic rings. The summed E-state index contributed by atoms with van der Waals surface area (Å²) in [5.74, 6) is 0.628. The van der Waals surface area contributed by atoms with Gasteiger partial charge >= 0.3 is 11.9 Å². The molecule has 35 heavy (non-hydrogen) atoms. The van der Waals surface area contributed by atoms with Crippen LogP contribution in [0.2, 0.25) is 5.28 Å². The molecule has 2 N–H and O–H groups in total. The van der Waals surface area contributed by atoms with Crippen molar-refractivity contribution >= 4 is 40.4 Å². The zero-order chi connectivity index (χ0) is 24.9. The lowest BCUT2D eigenvalue weighted by atomic mass is 9.93. The van der Waals surface area contributed by atoms with Gasteiger partial charge in [0, 0.05) is 26.9 Å². The van der Waals surface area contributed by atoms with Gasteiger partial charge in [-0.05, 0) is 36.3 Å². The average molecular weight is 510 g/mol. The van der Waals surface area contributed by atoms with Crippen molar-refractivity contribution in [1.82, 2.24) is 19.7 Å². The molecule has 6 atom stereocenters. The number of aliphatic hydroxyl groups excluding tert-OH is 1. The maximum atomic E-state index is 11.9. The third kappa shape index (κ3) is 4.22. The van der Waals surface area contributed by atoms with E-state index < -0.39 is 42.6 Å². The molecule has 0 radical (unpaired) electrons. The highest BCUT2D eigenvalue weighted by Crippen LogP contribution is 2.43. The van der Waals surface area contributed by atoms with Crippen molar-refractivity contribution in [2.45, 2.75) is 57.1 Å². The summed E-state index contributed by atoms with van der Waals surface area (Å²) in [6.07, 6.45) is 1.50. The van der Waals surface area contributed by atoms with E-state index >= 15 is 0 Å². The molecule has 5 rings (SSSR count). The van der Waals surface area contributed by atoms with Gasteiger partial charge in [0.1, 0.15) is 18.5 Å². The molecule has 190 valence electrons. The maximum absolute atomic E-state index is 11.9. The highest BCUT2D eigenvalue weighted by molar-refractivity contribution is 6.28. The summed E-state index contributed by atoms with van der Waals surface area (Å²) in [4.78, 5) is 34.3. The number of aliphatic hydroxyl groups is 2. The summed E-state index contributed by atoms with van der Waals surface area (Å²) >= 11 is 6.31. The van der Waals surface area contributed by atoms with E-state index in [1.54, 1.807) is 6.20 Å². The molecule has 3 fully saturated rings. The summed E-state index contributed by atoms with van der Waals surface area (Å²) in [5.41, 5.74) is -1.73. The predicted octanol–water partition coefficient (Wildman–Crippen LogP) is 0.832. The highest BCUT2D eigenvalue weighted by atomic mass is 35.5. The van der Waals surface area contributed by atoms with Gasteiger partial charge < -0.3 is 29.3 Å². The van der Waals surface area contributed by atoms with E-state index in [4.69, 9.17) is 25.8 Å². The standard InChI is InChI=1S/C22H28ClN5O7/c1-11(30)33-9-16-22(32,10-29)17(34-12(2)31)20(35-16)28-19-15(6-24-28)18(25-21(23)26-19)27-7-13-4-3-5-14(13)8-27/h6,13-14,16-17,20,29,32H,3-5,7-10H2,1-2H3/t13-,14+,16-,17+,20-,22-/m1/s1. The van der Waals surface area contributed by atoms with E-state index in [1.807, 2.05) is 0 Å². The molecular weight excluding hydrogens is 482 g/mol. The van der Waals surface area contributed by atoms with Crippen LogP contribution < -0.4 is 4.90 Å². The molecule has 0 bridgehead atoms. The van der Waals surface area contributed by atoms with Crippen LogP contribution in [0.15, 0.2) is 6.20 Å². The van der Waals surface area contributed by atoms with E-state index in [1.165, 1.54) is 37.8 Å². The Morgan fingerprint density at radius 2 is 1.94 bits per heavy atom. The number of rotatable bonds is 6. The van der Waals surface area contributed by atoms with Crippen LogP contribution in [-0.4, -0.2) is 86.0 Å².